The van der Waals surface area contributed by atoms with Gasteiger partial charge in [-0.15, -0.1) is 0 Å². The SMILES string of the molecule is COc1cccc(C(C)NS(=O)(=O)c2cc(Cl)c(Cl)cc2Cl)c1. The Bertz CT molecular complexity index is 825. The van der Waals surface area contributed by atoms with E-state index in [1.807, 2.05) is 0 Å². The molecule has 2 rings (SSSR count). The molecule has 1 atom stereocenters. The van der Waals surface area contributed by atoms with Gasteiger partial charge in [0.1, 0.15) is 10.6 Å². The molecule has 1 unspecified atom stereocenters. The normalized spacial score (nSPS) is 12.9. The fourth-order valence-corrected chi connectivity index (χ4v) is 4.22. The molecule has 0 fully saturated rings. The average molecular weight is 395 g/mol. The molecule has 0 spiro atoms. The van der Waals surface area contributed by atoms with Crippen LogP contribution in [-0.4, -0.2) is 15.5 Å². The van der Waals surface area contributed by atoms with Crippen molar-refractivity contribution in [3.8, 4) is 5.75 Å². The molecule has 0 radical (unpaired) electrons. The standard InChI is InChI=1S/C15H14Cl3NO3S/c1-9(10-4-3-5-11(6-10)22-2)19-23(20,21)15-8-13(17)12(16)7-14(15)18/h3-9,19H,1-2H3. The van der Waals surface area contributed by atoms with Crippen molar-refractivity contribution in [2.45, 2.75) is 17.9 Å². The zero-order valence-electron chi connectivity index (χ0n) is 12.3. The predicted molar refractivity (Wildman–Crippen MR) is 93.2 cm³/mol. The van der Waals surface area contributed by atoms with Crippen LogP contribution in [0.4, 0.5) is 0 Å². The summed E-state index contributed by atoms with van der Waals surface area (Å²) < 4.78 is 32.7. The monoisotopic (exact) mass is 393 g/mol. The number of methoxy groups -OCH3 is 1. The third-order valence-electron chi connectivity index (χ3n) is 3.19. The van der Waals surface area contributed by atoms with E-state index in [2.05, 4.69) is 4.72 Å². The summed E-state index contributed by atoms with van der Waals surface area (Å²) in [6.07, 6.45) is 0. The molecule has 23 heavy (non-hydrogen) atoms. The van der Waals surface area contributed by atoms with Crippen molar-refractivity contribution in [2.24, 2.45) is 0 Å². The van der Waals surface area contributed by atoms with Crippen LogP contribution in [0.25, 0.3) is 0 Å². The Morgan fingerprint density at radius 1 is 1.04 bits per heavy atom. The molecule has 124 valence electrons. The molecule has 2 aromatic rings. The van der Waals surface area contributed by atoms with Crippen molar-refractivity contribution in [1.82, 2.24) is 4.72 Å². The average Bonchev–Trinajstić information content (AvgIpc) is 2.50. The lowest BCUT2D eigenvalue weighted by atomic mass is 10.1. The van der Waals surface area contributed by atoms with Gasteiger partial charge < -0.3 is 4.74 Å². The Labute approximate surface area is 150 Å². The second-order valence-corrected chi connectivity index (χ2v) is 7.72. The van der Waals surface area contributed by atoms with E-state index in [0.29, 0.717) is 5.75 Å². The molecule has 1 N–H and O–H groups in total. The lowest BCUT2D eigenvalue weighted by Crippen LogP contribution is -2.27. The molecular formula is C15H14Cl3NO3S. The smallest absolute Gasteiger partial charge is 0.242 e. The van der Waals surface area contributed by atoms with Gasteiger partial charge >= 0.3 is 0 Å². The highest BCUT2D eigenvalue weighted by Gasteiger charge is 2.22. The van der Waals surface area contributed by atoms with Crippen LogP contribution in [-0.2, 0) is 10.0 Å². The summed E-state index contributed by atoms with van der Waals surface area (Å²) in [5.41, 5.74) is 0.754. The number of rotatable bonds is 5. The molecule has 0 bridgehead atoms. The van der Waals surface area contributed by atoms with Crippen LogP contribution in [0.2, 0.25) is 15.1 Å². The lowest BCUT2D eigenvalue weighted by molar-refractivity contribution is 0.413. The number of benzene rings is 2. The first-order valence-electron chi connectivity index (χ1n) is 6.55. The van der Waals surface area contributed by atoms with Gasteiger partial charge in [0.15, 0.2) is 0 Å². The topological polar surface area (TPSA) is 55.4 Å². The van der Waals surface area contributed by atoms with Gasteiger partial charge in [-0.3, -0.25) is 0 Å². The molecule has 4 nitrogen and oxygen atoms in total. The maximum Gasteiger partial charge on any atom is 0.242 e. The van der Waals surface area contributed by atoms with Crippen LogP contribution in [0.3, 0.4) is 0 Å². The van der Waals surface area contributed by atoms with Crippen molar-refractivity contribution in [3.05, 3.63) is 57.0 Å². The van der Waals surface area contributed by atoms with Gasteiger partial charge in [-0.25, -0.2) is 13.1 Å². The predicted octanol–water partition coefficient (Wildman–Crippen LogP) is 4.69. The summed E-state index contributed by atoms with van der Waals surface area (Å²) in [4.78, 5) is -0.122. The molecular weight excluding hydrogens is 381 g/mol. The van der Waals surface area contributed by atoms with Crippen LogP contribution in [0.5, 0.6) is 5.75 Å². The molecule has 0 saturated heterocycles. The van der Waals surface area contributed by atoms with E-state index in [9.17, 15) is 8.42 Å². The van der Waals surface area contributed by atoms with E-state index in [0.717, 1.165) is 5.56 Å². The van der Waals surface area contributed by atoms with Gasteiger partial charge in [0.2, 0.25) is 10.0 Å². The highest BCUT2D eigenvalue weighted by molar-refractivity contribution is 7.89. The molecule has 2 aromatic carbocycles. The summed E-state index contributed by atoms with van der Waals surface area (Å²) in [5.74, 6) is 0.640. The van der Waals surface area contributed by atoms with Crippen molar-refractivity contribution in [2.75, 3.05) is 7.11 Å². The van der Waals surface area contributed by atoms with E-state index >= 15 is 0 Å². The summed E-state index contributed by atoms with van der Waals surface area (Å²) in [6.45, 7) is 1.72. The van der Waals surface area contributed by atoms with Gasteiger partial charge in [0.25, 0.3) is 0 Å². The number of halogens is 3. The van der Waals surface area contributed by atoms with Crippen molar-refractivity contribution < 1.29 is 13.2 Å². The molecule has 0 aromatic heterocycles. The van der Waals surface area contributed by atoms with Crippen LogP contribution in [0.1, 0.15) is 18.5 Å². The number of hydrogen-bond donors (Lipinski definition) is 1. The molecule has 0 aliphatic rings. The minimum atomic E-state index is -3.86. The number of nitrogens with one attached hydrogen (secondary N) is 1. The fourth-order valence-electron chi connectivity index (χ4n) is 1.99. The molecule has 0 aliphatic heterocycles. The molecule has 0 heterocycles. The Hall–Kier alpha value is -0.980. The van der Waals surface area contributed by atoms with Crippen LogP contribution >= 0.6 is 34.8 Å². The van der Waals surface area contributed by atoms with Crippen molar-refractivity contribution in [1.29, 1.82) is 0 Å². The zero-order chi connectivity index (χ0) is 17.2. The van der Waals surface area contributed by atoms with Crippen molar-refractivity contribution in [3.63, 3.8) is 0 Å². The number of hydrogen-bond acceptors (Lipinski definition) is 3. The quantitative estimate of drug-likeness (QED) is 0.748. The third-order valence-corrected chi connectivity index (χ3v) is 5.92. The Morgan fingerprint density at radius 3 is 2.35 bits per heavy atom. The first-order valence-corrected chi connectivity index (χ1v) is 9.17. The van der Waals surface area contributed by atoms with Gasteiger partial charge in [-0.2, -0.15) is 0 Å². The fraction of sp³-hybridized carbons (Fsp3) is 0.200. The first kappa shape index (κ1) is 18.4. The van der Waals surface area contributed by atoms with E-state index in [-0.39, 0.29) is 20.0 Å². The minimum Gasteiger partial charge on any atom is -0.497 e. The molecule has 0 amide bonds. The largest absolute Gasteiger partial charge is 0.497 e. The summed E-state index contributed by atoms with van der Waals surface area (Å²) >= 11 is 17.7. The van der Waals surface area contributed by atoms with E-state index in [1.54, 1.807) is 38.3 Å². The van der Waals surface area contributed by atoms with Crippen molar-refractivity contribution >= 4 is 44.8 Å². The van der Waals surface area contributed by atoms with Gasteiger partial charge in [0.05, 0.1) is 22.2 Å². The maximum absolute atomic E-state index is 12.5. The minimum absolute atomic E-state index is 0.00439. The van der Waals surface area contributed by atoms with Gasteiger partial charge in [0, 0.05) is 6.04 Å². The van der Waals surface area contributed by atoms with Crippen LogP contribution in [0, 0.1) is 0 Å². The summed E-state index contributed by atoms with van der Waals surface area (Å²) in [6, 6.07) is 9.16. The first-order chi connectivity index (χ1) is 10.7. The molecule has 0 aliphatic carbocycles. The Balaban J connectivity index is 2.32. The number of sulfonamides is 1. The third kappa shape index (κ3) is 4.31. The van der Waals surface area contributed by atoms with Crippen LogP contribution in [0.15, 0.2) is 41.3 Å². The van der Waals surface area contributed by atoms with Gasteiger partial charge in [-0.05, 0) is 36.8 Å². The maximum atomic E-state index is 12.5. The Morgan fingerprint density at radius 2 is 1.70 bits per heavy atom. The van der Waals surface area contributed by atoms with Crippen LogP contribution < -0.4 is 9.46 Å². The van der Waals surface area contributed by atoms with E-state index in [1.165, 1.54) is 12.1 Å². The summed E-state index contributed by atoms with van der Waals surface area (Å²) in [7, 11) is -2.32. The lowest BCUT2D eigenvalue weighted by Gasteiger charge is -2.16. The highest BCUT2D eigenvalue weighted by Crippen LogP contribution is 2.32. The molecule has 0 saturated carbocycles. The number of ether oxygens (including phenoxy) is 1. The summed E-state index contributed by atoms with van der Waals surface area (Å²) in [5, 5.41) is 0.312. The highest BCUT2D eigenvalue weighted by atomic mass is 35.5. The van der Waals surface area contributed by atoms with E-state index in [4.69, 9.17) is 39.5 Å². The zero-order valence-corrected chi connectivity index (χ0v) is 15.4. The Kier molecular flexibility index (Phi) is 5.81. The van der Waals surface area contributed by atoms with E-state index < -0.39 is 16.1 Å². The second kappa shape index (κ2) is 7.28. The second-order valence-electron chi connectivity index (χ2n) is 4.82. The molecule has 8 heteroatoms. The van der Waals surface area contributed by atoms with Gasteiger partial charge in [-0.1, -0.05) is 46.9 Å².